The molecular formula is C7H6F2LiNO. The van der Waals surface area contributed by atoms with Crippen LogP contribution in [0.5, 0.6) is 0 Å². The number of hydrogen-bond donors (Lipinski definition) is 1. The Labute approximate surface area is 79.9 Å². The van der Waals surface area contributed by atoms with Gasteiger partial charge in [0, 0.05) is 0 Å². The van der Waals surface area contributed by atoms with Gasteiger partial charge >= 0.3 is 18.9 Å². The van der Waals surface area contributed by atoms with E-state index < -0.39 is 23.1 Å². The maximum absolute atomic E-state index is 12.6. The van der Waals surface area contributed by atoms with Crippen LogP contribution >= 0.6 is 0 Å². The van der Waals surface area contributed by atoms with E-state index in [1.165, 1.54) is 6.07 Å². The van der Waals surface area contributed by atoms with E-state index in [1.807, 2.05) is 0 Å². The molecule has 1 rings (SSSR count). The summed E-state index contributed by atoms with van der Waals surface area (Å²) in [5.74, 6) is -3.23. The van der Waals surface area contributed by atoms with Crippen LogP contribution in [0.1, 0.15) is 10.4 Å². The number of rotatable bonds is 1. The molecule has 0 saturated carbocycles. The third-order valence-corrected chi connectivity index (χ3v) is 1.22. The third kappa shape index (κ3) is 2.07. The van der Waals surface area contributed by atoms with Gasteiger partial charge in [0.2, 0.25) is 0 Å². The Bertz CT molecular complexity index is 303. The van der Waals surface area contributed by atoms with E-state index in [-0.39, 0.29) is 18.9 Å². The molecule has 5 heteroatoms. The van der Waals surface area contributed by atoms with Gasteiger partial charge in [0.15, 0.2) is 11.6 Å². The monoisotopic (exact) mass is 165 g/mol. The van der Waals surface area contributed by atoms with Crippen molar-refractivity contribution in [1.29, 1.82) is 0 Å². The Morgan fingerprint density at radius 2 is 1.92 bits per heavy atom. The number of carbonyl (C=O) groups is 1. The van der Waals surface area contributed by atoms with Crippen molar-refractivity contribution in [3.63, 3.8) is 0 Å². The molecule has 0 radical (unpaired) electrons. The van der Waals surface area contributed by atoms with Crippen molar-refractivity contribution in [2.75, 3.05) is 0 Å². The number of primary amides is 1. The fourth-order valence-corrected chi connectivity index (χ4v) is 0.694. The van der Waals surface area contributed by atoms with Crippen LogP contribution < -0.4 is 5.73 Å². The molecular weight excluding hydrogens is 159 g/mol. The first kappa shape index (κ1) is 11.1. The molecule has 0 heterocycles. The van der Waals surface area contributed by atoms with Gasteiger partial charge in [-0.05, 0) is 12.1 Å². The van der Waals surface area contributed by atoms with Crippen LogP contribution in [-0.4, -0.2) is 24.8 Å². The molecule has 0 aliphatic heterocycles. The zero-order valence-electron chi connectivity index (χ0n) is 5.47. The van der Waals surface area contributed by atoms with E-state index in [1.54, 1.807) is 0 Å². The molecule has 0 unspecified atom stereocenters. The summed E-state index contributed by atoms with van der Waals surface area (Å²) in [4.78, 5) is 10.4. The number of nitrogens with two attached hydrogens (primary N) is 1. The minimum atomic E-state index is -1.19. The fourth-order valence-electron chi connectivity index (χ4n) is 0.694. The Morgan fingerprint density at radius 1 is 1.33 bits per heavy atom. The summed E-state index contributed by atoms with van der Waals surface area (Å²) in [6, 6.07) is 3.26. The molecule has 0 bridgehead atoms. The number of halogens is 2. The zero-order chi connectivity index (χ0) is 8.43. The van der Waals surface area contributed by atoms with Gasteiger partial charge in [-0.3, -0.25) is 4.79 Å². The average Bonchev–Trinajstić information content (AvgIpc) is 1.94. The molecule has 0 aromatic heterocycles. The first-order valence-electron chi connectivity index (χ1n) is 2.86. The van der Waals surface area contributed by atoms with Crippen molar-refractivity contribution in [1.82, 2.24) is 0 Å². The summed E-state index contributed by atoms with van der Waals surface area (Å²) < 4.78 is 24.9. The predicted molar refractivity (Wildman–Crippen MR) is 42.0 cm³/mol. The fraction of sp³-hybridized carbons (Fsp3) is 0. The topological polar surface area (TPSA) is 43.1 Å². The third-order valence-electron chi connectivity index (χ3n) is 1.22. The van der Waals surface area contributed by atoms with E-state index >= 15 is 0 Å². The molecule has 12 heavy (non-hydrogen) atoms. The van der Waals surface area contributed by atoms with Crippen molar-refractivity contribution >= 4 is 24.8 Å². The number of benzene rings is 1. The molecule has 2 N–H and O–H groups in total. The molecule has 0 fully saturated rings. The Kier molecular flexibility index (Phi) is 3.94. The maximum atomic E-state index is 12.6. The quantitative estimate of drug-likeness (QED) is 0.602. The van der Waals surface area contributed by atoms with E-state index in [2.05, 4.69) is 0 Å². The molecule has 0 saturated heterocycles. The van der Waals surface area contributed by atoms with Gasteiger partial charge in [-0.15, -0.1) is 0 Å². The summed E-state index contributed by atoms with van der Waals surface area (Å²) in [7, 11) is 0. The average molecular weight is 165 g/mol. The second-order valence-electron chi connectivity index (χ2n) is 1.97. The van der Waals surface area contributed by atoms with Crippen molar-refractivity contribution in [2.45, 2.75) is 0 Å². The second kappa shape index (κ2) is 4.24. The van der Waals surface area contributed by atoms with Gasteiger partial charge in [0.1, 0.15) is 0 Å². The molecule has 1 amide bonds. The Hall–Kier alpha value is -0.853. The zero-order valence-corrected chi connectivity index (χ0v) is 5.47. The molecule has 0 aliphatic carbocycles. The SMILES string of the molecule is NC(=O)c1cccc(F)c1F.[LiH]. The van der Waals surface area contributed by atoms with Gasteiger partial charge in [-0.2, -0.15) is 0 Å². The Balaban J connectivity index is 0.00000121. The van der Waals surface area contributed by atoms with Crippen molar-refractivity contribution < 1.29 is 13.6 Å². The minimum absolute atomic E-state index is 0. The van der Waals surface area contributed by atoms with E-state index in [9.17, 15) is 13.6 Å². The normalized spacial score (nSPS) is 8.83. The molecule has 1 aromatic rings. The number of hydrogen-bond acceptors (Lipinski definition) is 1. The summed E-state index contributed by atoms with van der Waals surface area (Å²) in [5, 5.41) is 0. The van der Waals surface area contributed by atoms with Gasteiger partial charge in [-0.1, -0.05) is 6.07 Å². The summed E-state index contributed by atoms with van der Waals surface area (Å²) in [6.07, 6.45) is 0. The Morgan fingerprint density at radius 3 is 2.33 bits per heavy atom. The van der Waals surface area contributed by atoms with E-state index in [0.29, 0.717) is 0 Å². The van der Waals surface area contributed by atoms with Crippen LogP contribution in [0, 0.1) is 11.6 Å². The molecule has 60 valence electrons. The number of amides is 1. The summed E-state index contributed by atoms with van der Waals surface area (Å²) in [6.45, 7) is 0. The van der Waals surface area contributed by atoms with Gasteiger partial charge in [0.05, 0.1) is 5.56 Å². The molecule has 0 aliphatic rings. The molecule has 1 aromatic carbocycles. The molecule has 0 atom stereocenters. The standard InChI is InChI=1S/C7H5F2NO.Li.H/c8-5-3-1-2-4(6(5)9)7(10)11;;/h1-3H,(H2,10,11);;. The van der Waals surface area contributed by atoms with Crippen molar-refractivity contribution in [3.05, 3.63) is 35.4 Å². The first-order valence-corrected chi connectivity index (χ1v) is 2.86. The van der Waals surface area contributed by atoms with Crippen LogP contribution in [0.15, 0.2) is 18.2 Å². The van der Waals surface area contributed by atoms with Crippen LogP contribution in [0.3, 0.4) is 0 Å². The van der Waals surface area contributed by atoms with Crippen LogP contribution in [0.4, 0.5) is 8.78 Å². The molecule has 2 nitrogen and oxygen atoms in total. The first-order chi connectivity index (χ1) is 5.13. The van der Waals surface area contributed by atoms with Gasteiger partial charge < -0.3 is 5.73 Å². The summed E-state index contributed by atoms with van der Waals surface area (Å²) >= 11 is 0. The van der Waals surface area contributed by atoms with Crippen LogP contribution in [0.25, 0.3) is 0 Å². The van der Waals surface area contributed by atoms with E-state index in [4.69, 9.17) is 5.73 Å². The van der Waals surface area contributed by atoms with Crippen molar-refractivity contribution in [3.8, 4) is 0 Å². The van der Waals surface area contributed by atoms with Gasteiger partial charge in [-0.25, -0.2) is 8.78 Å². The number of carbonyl (C=O) groups excluding carboxylic acids is 1. The molecule has 0 spiro atoms. The van der Waals surface area contributed by atoms with E-state index in [0.717, 1.165) is 12.1 Å². The van der Waals surface area contributed by atoms with Crippen LogP contribution in [-0.2, 0) is 0 Å². The van der Waals surface area contributed by atoms with Crippen molar-refractivity contribution in [2.24, 2.45) is 5.73 Å². The summed E-state index contributed by atoms with van der Waals surface area (Å²) in [5.41, 5.74) is 4.31. The second-order valence-corrected chi connectivity index (χ2v) is 1.97. The predicted octanol–water partition coefficient (Wildman–Crippen LogP) is 0.415. The van der Waals surface area contributed by atoms with Crippen LogP contribution in [0.2, 0.25) is 0 Å². The van der Waals surface area contributed by atoms with Gasteiger partial charge in [0.25, 0.3) is 5.91 Å².